The van der Waals surface area contributed by atoms with Crippen LogP contribution in [0.5, 0.6) is 0 Å². The van der Waals surface area contributed by atoms with E-state index in [1.54, 1.807) is 60.9 Å². The van der Waals surface area contributed by atoms with E-state index in [1.807, 2.05) is 6.07 Å². The lowest BCUT2D eigenvalue weighted by Gasteiger charge is -2.13. The third kappa shape index (κ3) is 4.36. The summed E-state index contributed by atoms with van der Waals surface area (Å²) in [6.07, 6.45) is 1.55. The molecule has 0 aliphatic carbocycles. The number of nitrogens with zero attached hydrogens (tertiary/aromatic N) is 2. The number of amides is 1. The Hall–Kier alpha value is -3.03. The molecular weight excluding hydrogens is 410 g/mol. The first kappa shape index (κ1) is 19.3. The van der Waals surface area contributed by atoms with Crippen molar-refractivity contribution >= 4 is 40.2 Å². The normalized spacial score (nSPS) is 10.9. The summed E-state index contributed by atoms with van der Waals surface area (Å²) in [5, 5.41) is 4.21. The van der Waals surface area contributed by atoms with Gasteiger partial charge in [-0.25, -0.2) is 4.98 Å². The van der Waals surface area contributed by atoms with Crippen LogP contribution in [0.3, 0.4) is 0 Å². The maximum Gasteiger partial charge on any atom is 0.266 e. The molecule has 0 radical (unpaired) electrons. The Morgan fingerprint density at radius 2 is 2.00 bits per heavy atom. The van der Waals surface area contributed by atoms with Crippen LogP contribution < -0.4 is 10.9 Å². The van der Waals surface area contributed by atoms with Crippen LogP contribution in [0.2, 0.25) is 5.02 Å². The number of aromatic nitrogens is 2. The molecule has 2 aromatic carbocycles. The number of hydrogen-bond acceptors (Lipinski definition) is 5. The average molecular weight is 426 g/mol. The molecule has 2 aromatic heterocycles. The van der Waals surface area contributed by atoms with E-state index in [-0.39, 0.29) is 17.2 Å². The smallest absolute Gasteiger partial charge is 0.266 e. The summed E-state index contributed by atoms with van der Waals surface area (Å²) in [5.74, 6) is 0.584. The fourth-order valence-corrected chi connectivity index (χ4v) is 3.86. The Morgan fingerprint density at radius 3 is 2.79 bits per heavy atom. The second kappa shape index (κ2) is 8.55. The summed E-state index contributed by atoms with van der Waals surface area (Å²) in [7, 11) is 0. The molecule has 8 heteroatoms. The molecule has 1 amide bonds. The summed E-state index contributed by atoms with van der Waals surface area (Å²) in [6, 6.07) is 17.7. The van der Waals surface area contributed by atoms with Crippen LogP contribution in [0.4, 0.5) is 0 Å². The number of para-hydroxylation sites is 1. The van der Waals surface area contributed by atoms with Gasteiger partial charge in [0.1, 0.15) is 5.76 Å². The Morgan fingerprint density at radius 1 is 1.14 bits per heavy atom. The van der Waals surface area contributed by atoms with E-state index >= 15 is 0 Å². The van der Waals surface area contributed by atoms with Crippen molar-refractivity contribution in [2.45, 2.75) is 11.7 Å². The van der Waals surface area contributed by atoms with Crippen molar-refractivity contribution in [3.8, 4) is 5.69 Å². The van der Waals surface area contributed by atoms with Crippen molar-refractivity contribution in [3.05, 3.63) is 88.1 Å². The van der Waals surface area contributed by atoms with Gasteiger partial charge in [0.15, 0.2) is 5.16 Å². The van der Waals surface area contributed by atoms with Gasteiger partial charge < -0.3 is 9.73 Å². The lowest BCUT2D eigenvalue weighted by molar-refractivity contribution is -0.118. The molecule has 0 aliphatic rings. The van der Waals surface area contributed by atoms with Crippen LogP contribution in [0, 0.1) is 0 Å². The number of fused-ring (bicyclic) bond motifs is 1. The Bertz CT molecular complexity index is 1220. The van der Waals surface area contributed by atoms with Gasteiger partial charge in [-0.1, -0.05) is 41.6 Å². The zero-order chi connectivity index (χ0) is 20.2. The molecule has 1 N–H and O–H groups in total. The average Bonchev–Trinajstić information content (AvgIpc) is 3.24. The predicted molar refractivity (Wildman–Crippen MR) is 114 cm³/mol. The minimum atomic E-state index is -0.212. The fraction of sp³-hybridized carbons (Fsp3) is 0.0952. The molecule has 0 saturated heterocycles. The molecule has 0 fully saturated rings. The van der Waals surface area contributed by atoms with Gasteiger partial charge in [0.05, 0.1) is 35.2 Å². The van der Waals surface area contributed by atoms with Gasteiger partial charge in [0, 0.05) is 5.02 Å². The van der Waals surface area contributed by atoms with E-state index in [2.05, 4.69) is 10.3 Å². The highest BCUT2D eigenvalue weighted by Gasteiger charge is 2.15. The van der Waals surface area contributed by atoms with Gasteiger partial charge in [-0.2, -0.15) is 0 Å². The lowest BCUT2D eigenvalue weighted by atomic mass is 10.2. The largest absolute Gasteiger partial charge is 0.467 e. The fourth-order valence-electron chi connectivity index (χ4n) is 2.83. The van der Waals surface area contributed by atoms with E-state index < -0.39 is 0 Å². The number of carbonyl (C=O) groups excluding carboxylic acids is 1. The molecule has 0 saturated carbocycles. The first-order valence-electron chi connectivity index (χ1n) is 8.81. The van der Waals surface area contributed by atoms with Crippen molar-refractivity contribution in [3.63, 3.8) is 0 Å². The number of furan rings is 1. The summed E-state index contributed by atoms with van der Waals surface area (Å²) >= 11 is 7.31. The topological polar surface area (TPSA) is 77.1 Å². The van der Waals surface area contributed by atoms with Crippen LogP contribution >= 0.6 is 23.4 Å². The Labute approximate surface area is 175 Å². The molecule has 0 unspecified atom stereocenters. The van der Waals surface area contributed by atoms with Crippen LogP contribution in [-0.4, -0.2) is 21.2 Å². The molecule has 0 aliphatic heterocycles. The van der Waals surface area contributed by atoms with E-state index in [9.17, 15) is 9.59 Å². The summed E-state index contributed by atoms with van der Waals surface area (Å²) in [4.78, 5) is 30.0. The molecule has 0 spiro atoms. The number of benzene rings is 2. The first-order chi connectivity index (χ1) is 14.1. The third-order valence-electron chi connectivity index (χ3n) is 4.18. The first-order valence-corrected chi connectivity index (χ1v) is 10.2. The van der Waals surface area contributed by atoms with E-state index in [1.165, 1.54) is 16.3 Å². The van der Waals surface area contributed by atoms with Crippen molar-refractivity contribution < 1.29 is 9.21 Å². The van der Waals surface area contributed by atoms with E-state index in [0.717, 1.165) is 0 Å². The standard InChI is InChI=1S/C21H16ClN3O3S/c22-14-5-3-6-15(11-14)25-20(27)17-8-1-2-9-18(17)24-21(25)29-13-19(26)23-12-16-7-4-10-28-16/h1-11H,12-13H2,(H,23,26). The summed E-state index contributed by atoms with van der Waals surface area (Å²) in [5.41, 5.74) is 0.963. The number of nitrogens with one attached hydrogen (secondary N) is 1. The van der Waals surface area contributed by atoms with E-state index in [4.69, 9.17) is 16.0 Å². The van der Waals surface area contributed by atoms with E-state index in [0.29, 0.717) is 39.1 Å². The SMILES string of the molecule is O=C(CSc1nc2ccccc2c(=O)n1-c1cccc(Cl)c1)NCc1ccco1. The molecule has 4 aromatic rings. The Balaban J connectivity index is 1.64. The zero-order valence-corrected chi connectivity index (χ0v) is 16.7. The van der Waals surface area contributed by atoms with Crippen LogP contribution in [-0.2, 0) is 11.3 Å². The van der Waals surface area contributed by atoms with Gasteiger partial charge in [-0.05, 0) is 42.5 Å². The zero-order valence-electron chi connectivity index (χ0n) is 15.2. The van der Waals surface area contributed by atoms with Gasteiger partial charge >= 0.3 is 0 Å². The van der Waals surface area contributed by atoms with Crippen LogP contribution in [0.25, 0.3) is 16.6 Å². The third-order valence-corrected chi connectivity index (χ3v) is 5.36. The van der Waals surface area contributed by atoms with Gasteiger partial charge in [0.25, 0.3) is 5.56 Å². The maximum atomic E-state index is 13.1. The molecule has 6 nitrogen and oxygen atoms in total. The minimum absolute atomic E-state index is 0.103. The number of hydrogen-bond donors (Lipinski definition) is 1. The maximum absolute atomic E-state index is 13.1. The highest BCUT2D eigenvalue weighted by molar-refractivity contribution is 7.99. The summed E-state index contributed by atoms with van der Waals surface area (Å²) in [6.45, 7) is 0.304. The van der Waals surface area contributed by atoms with Crippen molar-refractivity contribution in [1.29, 1.82) is 0 Å². The quantitative estimate of drug-likeness (QED) is 0.372. The number of carbonyl (C=O) groups is 1. The van der Waals surface area contributed by atoms with Gasteiger partial charge in [0.2, 0.25) is 5.91 Å². The number of rotatable bonds is 6. The van der Waals surface area contributed by atoms with Crippen molar-refractivity contribution in [1.82, 2.24) is 14.9 Å². The molecular formula is C21H16ClN3O3S. The molecule has 4 rings (SSSR count). The minimum Gasteiger partial charge on any atom is -0.467 e. The van der Waals surface area contributed by atoms with Crippen LogP contribution in [0.1, 0.15) is 5.76 Å². The van der Waals surface area contributed by atoms with Crippen LogP contribution in [0.15, 0.2) is 81.3 Å². The molecule has 29 heavy (non-hydrogen) atoms. The second-order valence-corrected chi connectivity index (χ2v) is 7.56. The van der Waals surface area contributed by atoms with Crippen molar-refractivity contribution in [2.24, 2.45) is 0 Å². The monoisotopic (exact) mass is 425 g/mol. The van der Waals surface area contributed by atoms with Crippen molar-refractivity contribution in [2.75, 3.05) is 5.75 Å². The molecule has 0 atom stereocenters. The molecule has 2 heterocycles. The van der Waals surface area contributed by atoms with Gasteiger partial charge in [-0.3, -0.25) is 14.2 Å². The molecule has 0 bridgehead atoms. The highest BCUT2D eigenvalue weighted by atomic mass is 35.5. The number of thioether (sulfide) groups is 1. The second-order valence-electron chi connectivity index (χ2n) is 6.18. The van der Waals surface area contributed by atoms with Gasteiger partial charge in [-0.15, -0.1) is 0 Å². The highest BCUT2D eigenvalue weighted by Crippen LogP contribution is 2.22. The predicted octanol–water partition coefficient (Wildman–Crippen LogP) is 4.04. The lowest BCUT2D eigenvalue weighted by Crippen LogP contribution is -2.26. The summed E-state index contributed by atoms with van der Waals surface area (Å²) < 4.78 is 6.69. The number of halogens is 1. The molecule has 146 valence electrons. The Kier molecular flexibility index (Phi) is 5.69.